The number of anilines is 2. The van der Waals surface area contributed by atoms with Crippen LogP contribution in [0, 0.1) is 16.2 Å². The fraction of sp³-hybridized carbons (Fsp3) is 0.200. The zero-order chi connectivity index (χ0) is 19.8. The van der Waals surface area contributed by atoms with Gasteiger partial charge in [-0.3, -0.25) is 31.9 Å². The molecule has 11 nitrogen and oxygen atoms in total. The van der Waals surface area contributed by atoms with Crippen molar-refractivity contribution in [3.63, 3.8) is 0 Å². The minimum atomic E-state index is -0.204. The van der Waals surface area contributed by atoms with Crippen molar-refractivity contribution in [2.45, 2.75) is 6.54 Å². The molecule has 0 spiro atoms. The monoisotopic (exact) mass is 390 g/mol. The molecular formula is C15H22N10OS. The van der Waals surface area contributed by atoms with Crippen LogP contribution in [0.25, 0.3) is 0 Å². The van der Waals surface area contributed by atoms with Crippen LogP contribution >= 0.6 is 11.3 Å². The fourth-order valence-electron chi connectivity index (χ4n) is 1.97. The second-order valence-corrected chi connectivity index (χ2v) is 6.38. The minimum absolute atomic E-state index is 0.0270. The van der Waals surface area contributed by atoms with Gasteiger partial charge in [0.15, 0.2) is 17.9 Å². The van der Waals surface area contributed by atoms with Crippen LogP contribution in [0.3, 0.4) is 0 Å². The van der Waals surface area contributed by atoms with Gasteiger partial charge in [-0.05, 0) is 12.1 Å². The second kappa shape index (κ2) is 9.24. The molecule has 0 bridgehead atoms. The molecule has 0 saturated heterocycles. The van der Waals surface area contributed by atoms with Gasteiger partial charge in [-0.1, -0.05) is 0 Å². The van der Waals surface area contributed by atoms with E-state index in [1.165, 1.54) is 23.9 Å². The van der Waals surface area contributed by atoms with E-state index in [4.69, 9.17) is 26.4 Å². The zero-order valence-corrected chi connectivity index (χ0v) is 15.7. The molecule has 0 aliphatic heterocycles. The lowest BCUT2D eigenvalue weighted by molar-refractivity contribution is 0.489. The van der Waals surface area contributed by atoms with E-state index >= 15 is 0 Å². The third-order valence-electron chi connectivity index (χ3n) is 3.20. The van der Waals surface area contributed by atoms with Gasteiger partial charge >= 0.3 is 0 Å². The summed E-state index contributed by atoms with van der Waals surface area (Å²) in [7, 11) is 3.34. The Morgan fingerprint density at radius 2 is 2.04 bits per heavy atom. The molecule has 0 aromatic carbocycles. The van der Waals surface area contributed by atoms with Crippen molar-refractivity contribution in [3.05, 3.63) is 34.9 Å². The van der Waals surface area contributed by atoms with Gasteiger partial charge in [-0.25, -0.2) is 0 Å². The fourth-order valence-corrected chi connectivity index (χ4v) is 2.84. The topological polar surface area (TPSA) is 174 Å². The first-order valence-electron chi connectivity index (χ1n) is 7.74. The van der Waals surface area contributed by atoms with E-state index in [0.29, 0.717) is 18.2 Å². The highest BCUT2D eigenvalue weighted by molar-refractivity contribution is 7.10. The first-order chi connectivity index (χ1) is 12.9. The number of nitrogens with zero attached hydrogens (tertiary/aromatic N) is 2. The molecule has 0 atom stereocenters. The van der Waals surface area contributed by atoms with Gasteiger partial charge in [0, 0.05) is 24.4 Å². The van der Waals surface area contributed by atoms with Crippen molar-refractivity contribution in [3.8, 4) is 0 Å². The summed E-state index contributed by atoms with van der Waals surface area (Å²) in [6.45, 7) is 0.482. The highest BCUT2D eigenvalue weighted by Crippen LogP contribution is 2.20. The van der Waals surface area contributed by atoms with Crippen LogP contribution in [-0.4, -0.2) is 42.8 Å². The lowest BCUT2D eigenvalue weighted by atomic mass is 10.4. The van der Waals surface area contributed by atoms with Gasteiger partial charge < -0.3 is 25.7 Å². The van der Waals surface area contributed by atoms with E-state index < -0.39 is 0 Å². The van der Waals surface area contributed by atoms with Crippen LogP contribution in [-0.2, 0) is 6.54 Å². The van der Waals surface area contributed by atoms with E-state index in [2.05, 4.69) is 26.3 Å². The van der Waals surface area contributed by atoms with Gasteiger partial charge in [0.05, 0.1) is 24.2 Å². The van der Waals surface area contributed by atoms with Crippen molar-refractivity contribution in [2.75, 3.05) is 24.7 Å². The molecule has 0 saturated carbocycles. The van der Waals surface area contributed by atoms with Crippen LogP contribution in [0.4, 0.5) is 11.4 Å². The Kier molecular flexibility index (Phi) is 6.77. The number of nitrogens with one attached hydrogen (secondary N) is 7. The number of hydrogen-bond acceptors (Lipinski definition) is 6. The summed E-state index contributed by atoms with van der Waals surface area (Å²) in [5.74, 6) is 0.214. The SMILES string of the molecule is C/N=C(/NC(=N)N)Nc1csc(CN(C)C(=N)NC(=N)Nc2ccoc2)c1. The number of aliphatic imine (C=N–C) groups is 1. The number of furan rings is 1. The lowest BCUT2D eigenvalue weighted by Gasteiger charge is -2.20. The molecule has 2 aromatic heterocycles. The van der Waals surface area contributed by atoms with E-state index in [9.17, 15) is 0 Å². The van der Waals surface area contributed by atoms with Gasteiger partial charge in [0.2, 0.25) is 5.96 Å². The summed E-state index contributed by atoms with van der Waals surface area (Å²) in [5, 5.41) is 36.1. The molecule has 2 aromatic rings. The number of rotatable bonds is 4. The Hall–Kier alpha value is -3.54. The smallest absolute Gasteiger partial charge is 0.202 e. The van der Waals surface area contributed by atoms with Gasteiger partial charge in [-0.2, -0.15) is 0 Å². The number of thiophene rings is 1. The third kappa shape index (κ3) is 6.36. The van der Waals surface area contributed by atoms with Crippen molar-refractivity contribution in [2.24, 2.45) is 10.7 Å². The van der Waals surface area contributed by atoms with Crippen LogP contribution in [0.5, 0.6) is 0 Å². The maximum atomic E-state index is 8.06. The Labute approximate surface area is 160 Å². The molecule has 0 amide bonds. The van der Waals surface area contributed by atoms with Crippen LogP contribution in [0.1, 0.15) is 4.88 Å². The molecule has 2 heterocycles. The van der Waals surface area contributed by atoms with Crippen molar-refractivity contribution in [1.29, 1.82) is 16.2 Å². The molecule has 0 radical (unpaired) electrons. The largest absolute Gasteiger partial charge is 0.470 e. The number of nitrogens with two attached hydrogens (primary N) is 1. The quantitative estimate of drug-likeness (QED) is 0.286. The predicted octanol–water partition coefficient (Wildman–Crippen LogP) is 1.22. The van der Waals surface area contributed by atoms with E-state index in [0.717, 1.165) is 10.6 Å². The molecule has 0 fully saturated rings. The second-order valence-electron chi connectivity index (χ2n) is 5.38. The van der Waals surface area contributed by atoms with Crippen LogP contribution < -0.4 is 27.0 Å². The summed E-state index contributed by atoms with van der Waals surface area (Å²) in [6, 6.07) is 3.59. The summed E-state index contributed by atoms with van der Waals surface area (Å²) in [6.07, 6.45) is 2.97. The zero-order valence-electron chi connectivity index (χ0n) is 14.9. The Balaban J connectivity index is 1.85. The number of guanidine groups is 4. The molecule has 12 heteroatoms. The Morgan fingerprint density at radius 3 is 2.67 bits per heavy atom. The summed E-state index contributed by atoms with van der Waals surface area (Å²) < 4.78 is 4.92. The first-order valence-corrected chi connectivity index (χ1v) is 8.62. The predicted molar refractivity (Wildman–Crippen MR) is 109 cm³/mol. The van der Waals surface area contributed by atoms with Crippen molar-refractivity contribution < 1.29 is 4.42 Å². The maximum Gasteiger partial charge on any atom is 0.202 e. The molecule has 2 rings (SSSR count). The Morgan fingerprint density at radius 1 is 1.26 bits per heavy atom. The minimum Gasteiger partial charge on any atom is -0.470 e. The number of hydrogen-bond donors (Lipinski definition) is 8. The molecule has 9 N–H and O–H groups in total. The van der Waals surface area contributed by atoms with E-state index in [-0.39, 0.29) is 17.9 Å². The summed E-state index contributed by atoms with van der Waals surface area (Å²) in [4.78, 5) is 6.64. The van der Waals surface area contributed by atoms with Crippen LogP contribution in [0.2, 0.25) is 0 Å². The van der Waals surface area contributed by atoms with Crippen molar-refractivity contribution >= 4 is 46.5 Å². The van der Waals surface area contributed by atoms with Gasteiger partial charge in [0.1, 0.15) is 6.26 Å². The average molecular weight is 390 g/mol. The van der Waals surface area contributed by atoms with Gasteiger partial charge in [-0.15, -0.1) is 11.3 Å². The standard InChI is InChI=1S/C15H22N10OS/c1-20-15(23-12(16)17)22-10-5-11(27-8-10)6-25(2)14(19)24-13(18)21-9-3-4-26-7-9/h3-5,7-8H,6H2,1-2H3,(H4,18,19,21,24)(H5,16,17,20,22,23). The van der Waals surface area contributed by atoms with E-state index in [1.54, 1.807) is 25.1 Å². The third-order valence-corrected chi connectivity index (χ3v) is 4.12. The lowest BCUT2D eigenvalue weighted by Crippen LogP contribution is -2.43. The first kappa shape index (κ1) is 19.8. The van der Waals surface area contributed by atoms with Crippen molar-refractivity contribution in [1.82, 2.24) is 15.5 Å². The molecule has 144 valence electrons. The van der Waals surface area contributed by atoms with Gasteiger partial charge in [0.25, 0.3) is 0 Å². The average Bonchev–Trinajstić information content (AvgIpc) is 3.25. The summed E-state index contributed by atoms with van der Waals surface area (Å²) >= 11 is 1.51. The Bertz CT molecular complexity index is 826. The highest BCUT2D eigenvalue weighted by Gasteiger charge is 2.10. The normalized spacial score (nSPS) is 10.8. The highest BCUT2D eigenvalue weighted by atomic mass is 32.1. The molecular weight excluding hydrogens is 368 g/mol. The molecule has 0 aliphatic carbocycles. The molecule has 0 aliphatic rings. The van der Waals surface area contributed by atoms with E-state index in [1.807, 2.05) is 11.4 Å². The molecule has 27 heavy (non-hydrogen) atoms. The molecule has 0 unspecified atom stereocenters. The summed E-state index contributed by atoms with van der Waals surface area (Å²) in [5.41, 5.74) is 6.73. The van der Waals surface area contributed by atoms with Crippen LogP contribution in [0.15, 0.2) is 39.4 Å². The maximum absolute atomic E-state index is 8.06.